The fraction of sp³-hybridized carbons (Fsp3) is 0. The Morgan fingerprint density at radius 3 is 2.64 bits per heavy atom. The molecule has 0 amide bonds. The van der Waals surface area contributed by atoms with Crippen molar-refractivity contribution in [2.24, 2.45) is 0 Å². The average molecular weight is 319 g/mol. The lowest BCUT2D eigenvalue weighted by Gasteiger charge is -2.01. The maximum atomic E-state index is 5.40. The standard InChI is InChI=1S/C7H5Br2N5/c8-4-1-5(9)6(11-2-4)14-3-12-7(10)13-14/h1-3H,(H2,10,13). The third-order valence-corrected chi connectivity index (χ3v) is 2.53. The van der Waals surface area contributed by atoms with Crippen LogP contribution in [0.4, 0.5) is 5.95 Å². The van der Waals surface area contributed by atoms with Crippen LogP contribution in [0.1, 0.15) is 0 Å². The van der Waals surface area contributed by atoms with Crippen LogP contribution in [0.2, 0.25) is 0 Å². The maximum absolute atomic E-state index is 5.40. The summed E-state index contributed by atoms with van der Waals surface area (Å²) in [5.74, 6) is 0.874. The molecule has 7 heteroatoms. The van der Waals surface area contributed by atoms with E-state index in [2.05, 4.69) is 46.9 Å². The molecule has 0 atom stereocenters. The van der Waals surface area contributed by atoms with Gasteiger partial charge >= 0.3 is 0 Å². The molecule has 0 unspecified atom stereocenters. The van der Waals surface area contributed by atoms with E-state index in [9.17, 15) is 0 Å². The molecular weight excluding hydrogens is 314 g/mol. The number of nitrogens with two attached hydrogens (primary N) is 1. The van der Waals surface area contributed by atoms with Gasteiger partial charge in [0.25, 0.3) is 0 Å². The third kappa shape index (κ3) is 1.78. The highest BCUT2D eigenvalue weighted by atomic mass is 79.9. The van der Waals surface area contributed by atoms with Gasteiger partial charge < -0.3 is 5.73 Å². The van der Waals surface area contributed by atoms with E-state index in [1.165, 1.54) is 11.0 Å². The van der Waals surface area contributed by atoms with E-state index >= 15 is 0 Å². The Kier molecular flexibility index (Phi) is 2.51. The topological polar surface area (TPSA) is 69.6 Å². The minimum atomic E-state index is 0.224. The molecule has 2 aromatic heterocycles. The van der Waals surface area contributed by atoms with Gasteiger partial charge in [0.15, 0.2) is 5.82 Å². The van der Waals surface area contributed by atoms with E-state index < -0.39 is 0 Å². The Morgan fingerprint density at radius 1 is 1.29 bits per heavy atom. The molecule has 5 nitrogen and oxygen atoms in total. The number of hydrogen-bond donors (Lipinski definition) is 1. The lowest BCUT2D eigenvalue weighted by molar-refractivity contribution is 0.843. The Bertz CT molecular complexity index is 467. The molecule has 2 aromatic rings. The smallest absolute Gasteiger partial charge is 0.239 e. The number of rotatable bonds is 1. The van der Waals surface area contributed by atoms with E-state index in [4.69, 9.17) is 5.73 Å². The summed E-state index contributed by atoms with van der Waals surface area (Å²) in [5.41, 5.74) is 5.40. The van der Waals surface area contributed by atoms with Crippen LogP contribution in [0.5, 0.6) is 0 Å². The highest BCUT2D eigenvalue weighted by molar-refractivity contribution is 9.11. The quantitative estimate of drug-likeness (QED) is 0.870. The molecule has 2 heterocycles. The van der Waals surface area contributed by atoms with Crippen molar-refractivity contribution in [1.29, 1.82) is 0 Å². The normalized spacial score (nSPS) is 10.4. The molecule has 0 radical (unpaired) electrons. The van der Waals surface area contributed by atoms with Gasteiger partial charge in [-0.2, -0.15) is 4.68 Å². The summed E-state index contributed by atoms with van der Waals surface area (Å²) in [4.78, 5) is 7.99. The van der Waals surface area contributed by atoms with Crippen LogP contribution < -0.4 is 5.73 Å². The molecule has 0 aromatic carbocycles. The molecule has 0 aliphatic rings. The van der Waals surface area contributed by atoms with E-state index in [-0.39, 0.29) is 5.95 Å². The lowest BCUT2D eigenvalue weighted by Crippen LogP contribution is -2.00. The molecule has 72 valence electrons. The Labute approximate surface area is 96.6 Å². The number of halogens is 2. The predicted octanol–water partition coefficient (Wildman–Crippen LogP) is 1.77. The molecule has 0 saturated carbocycles. The fourth-order valence-corrected chi connectivity index (χ4v) is 2.12. The first-order chi connectivity index (χ1) is 6.66. The van der Waals surface area contributed by atoms with Crippen molar-refractivity contribution in [3.8, 4) is 5.82 Å². The molecule has 0 saturated heterocycles. The molecule has 14 heavy (non-hydrogen) atoms. The highest BCUT2D eigenvalue weighted by Crippen LogP contribution is 2.21. The van der Waals surface area contributed by atoms with Gasteiger partial charge in [-0.15, -0.1) is 5.10 Å². The van der Waals surface area contributed by atoms with Gasteiger partial charge in [0.1, 0.15) is 6.33 Å². The molecule has 0 bridgehead atoms. The summed E-state index contributed by atoms with van der Waals surface area (Å²) in [5, 5.41) is 3.95. The second-order valence-electron chi connectivity index (χ2n) is 2.51. The van der Waals surface area contributed by atoms with Crippen LogP contribution >= 0.6 is 31.9 Å². The summed E-state index contributed by atoms with van der Waals surface area (Å²) < 4.78 is 3.21. The zero-order chi connectivity index (χ0) is 10.1. The minimum Gasteiger partial charge on any atom is -0.366 e. The number of anilines is 1. The first-order valence-electron chi connectivity index (χ1n) is 3.65. The maximum Gasteiger partial charge on any atom is 0.239 e. The molecule has 0 aliphatic carbocycles. The molecule has 0 aliphatic heterocycles. The number of pyridine rings is 1. The van der Waals surface area contributed by atoms with Crippen LogP contribution in [-0.4, -0.2) is 19.7 Å². The van der Waals surface area contributed by atoms with E-state index in [1.807, 2.05) is 6.07 Å². The molecule has 2 rings (SSSR count). The van der Waals surface area contributed by atoms with Crippen molar-refractivity contribution in [3.05, 3.63) is 27.5 Å². The Balaban J connectivity index is 2.52. The monoisotopic (exact) mass is 317 g/mol. The van der Waals surface area contributed by atoms with Crippen LogP contribution in [0.3, 0.4) is 0 Å². The number of hydrogen-bond acceptors (Lipinski definition) is 4. The van der Waals surface area contributed by atoms with Crippen LogP contribution in [-0.2, 0) is 0 Å². The van der Waals surface area contributed by atoms with Crippen molar-refractivity contribution in [2.45, 2.75) is 0 Å². The molecular formula is C7H5Br2N5. The van der Waals surface area contributed by atoms with Crippen LogP contribution in [0.15, 0.2) is 27.5 Å². The van der Waals surface area contributed by atoms with Gasteiger partial charge in [0.05, 0.1) is 4.47 Å². The van der Waals surface area contributed by atoms with Crippen LogP contribution in [0.25, 0.3) is 5.82 Å². The fourth-order valence-electron chi connectivity index (χ4n) is 0.954. The van der Waals surface area contributed by atoms with Gasteiger partial charge in [-0.3, -0.25) is 0 Å². The Hall–Kier alpha value is -0.950. The van der Waals surface area contributed by atoms with Crippen LogP contribution in [0, 0.1) is 0 Å². The van der Waals surface area contributed by atoms with Gasteiger partial charge in [-0.1, -0.05) is 0 Å². The largest absolute Gasteiger partial charge is 0.366 e. The third-order valence-electron chi connectivity index (χ3n) is 1.51. The van der Waals surface area contributed by atoms with Gasteiger partial charge in [0.2, 0.25) is 5.95 Å². The lowest BCUT2D eigenvalue weighted by atomic mass is 10.5. The summed E-state index contributed by atoms with van der Waals surface area (Å²) in [6.07, 6.45) is 3.19. The summed E-state index contributed by atoms with van der Waals surface area (Å²) in [6.45, 7) is 0. The zero-order valence-corrected chi connectivity index (χ0v) is 10.0. The van der Waals surface area contributed by atoms with Crippen molar-refractivity contribution in [3.63, 3.8) is 0 Å². The first kappa shape index (κ1) is 9.60. The van der Waals surface area contributed by atoms with Gasteiger partial charge in [0, 0.05) is 10.7 Å². The summed E-state index contributed by atoms with van der Waals surface area (Å²) >= 11 is 6.68. The summed E-state index contributed by atoms with van der Waals surface area (Å²) in [7, 11) is 0. The summed E-state index contributed by atoms with van der Waals surface area (Å²) in [6, 6.07) is 1.88. The SMILES string of the molecule is Nc1ncn(-c2ncc(Br)cc2Br)n1. The average Bonchev–Trinajstić information content (AvgIpc) is 2.51. The van der Waals surface area contributed by atoms with Crippen molar-refractivity contribution < 1.29 is 0 Å². The first-order valence-corrected chi connectivity index (χ1v) is 5.24. The van der Waals surface area contributed by atoms with Crippen molar-refractivity contribution >= 4 is 37.8 Å². The van der Waals surface area contributed by atoms with Gasteiger partial charge in [-0.25, -0.2) is 9.97 Å². The van der Waals surface area contributed by atoms with E-state index in [1.54, 1.807) is 6.20 Å². The Morgan fingerprint density at radius 2 is 2.07 bits per heavy atom. The predicted molar refractivity (Wildman–Crippen MR) is 59.0 cm³/mol. The second-order valence-corrected chi connectivity index (χ2v) is 4.28. The molecule has 0 spiro atoms. The number of nitrogens with zero attached hydrogens (tertiary/aromatic N) is 4. The number of aromatic nitrogens is 4. The van der Waals surface area contributed by atoms with Gasteiger partial charge in [-0.05, 0) is 37.9 Å². The highest BCUT2D eigenvalue weighted by Gasteiger charge is 2.06. The van der Waals surface area contributed by atoms with E-state index in [0.29, 0.717) is 5.82 Å². The minimum absolute atomic E-state index is 0.224. The van der Waals surface area contributed by atoms with Crippen molar-refractivity contribution in [1.82, 2.24) is 19.7 Å². The van der Waals surface area contributed by atoms with E-state index in [0.717, 1.165) is 8.95 Å². The van der Waals surface area contributed by atoms with Crippen molar-refractivity contribution in [2.75, 3.05) is 5.73 Å². The number of nitrogen functional groups attached to an aromatic ring is 1. The molecule has 2 N–H and O–H groups in total. The molecule has 0 fully saturated rings. The zero-order valence-electron chi connectivity index (χ0n) is 6.85. The second kappa shape index (κ2) is 3.66.